The van der Waals surface area contributed by atoms with Gasteiger partial charge in [0.25, 0.3) is 0 Å². The summed E-state index contributed by atoms with van der Waals surface area (Å²) < 4.78 is 0. The smallest absolute Gasteiger partial charge is 0.370 e. The highest BCUT2D eigenvalue weighted by Crippen LogP contribution is 2.08. The van der Waals surface area contributed by atoms with E-state index in [-0.39, 0.29) is 0 Å². The zero-order valence-corrected chi connectivity index (χ0v) is 14.7. The molecule has 25 heavy (non-hydrogen) atoms. The van der Waals surface area contributed by atoms with Gasteiger partial charge in [0.1, 0.15) is 0 Å². The van der Waals surface area contributed by atoms with Gasteiger partial charge in [0.2, 0.25) is 5.76 Å². The lowest BCUT2D eigenvalue weighted by atomic mass is 10.1. The molecule has 0 aromatic rings. The molecular weight excluding hydrogens is 320 g/mol. The number of hydrogen-bond acceptors (Lipinski definition) is 4. The van der Waals surface area contributed by atoms with E-state index in [1.165, 1.54) is 38.2 Å². The zero-order chi connectivity index (χ0) is 18.6. The van der Waals surface area contributed by atoms with Crippen LogP contribution in [-0.4, -0.2) is 28.0 Å². The maximum Gasteiger partial charge on any atom is 0.370 e. The second kappa shape index (κ2) is 18.2. The fourth-order valence-electron chi connectivity index (χ4n) is 2.03. The van der Waals surface area contributed by atoms with Crippen LogP contribution in [0, 0.1) is 0 Å². The van der Waals surface area contributed by atoms with Crippen LogP contribution in [0.5, 0.6) is 0 Å². The Kier molecular flexibility index (Phi) is 16.7. The van der Waals surface area contributed by atoms with Gasteiger partial charge in [-0.05, 0) is 25.3 Å². The van der Waals surface area contributed by atoms with Crippen LogP contribution in [0.1, 0.15) is 51.4 Å². The lowest BCUT2D eigenvalue weighted by molar-refractivity contribution is -0.242. The van der Waals surface area contributed by atoms with Gasteiger partial charge in [0.05, 0.1) is 6.61 Å². The summed E-state index contributed by atoms with van der Waals surface area (Å²) in [4.78, 5) is 14.3. The minimum Gasteiger partial charge on any atom is -0.502 e. The highest BCUT2D eigenvalue weighted by Gasteiger charge is 1.99. The Morgan fingerprint density at radius 1 is 0.720 bits per heavy atom. The standard InChI is InChI=1S/C20H30O5/c21-19(20(22)23)17-15-13-11-9-7-5-3-1-2-4-6-8-10-12-14-16-18-25-24/h1,3,5,7,9,11,13,15,17,21,24H,2,4,6,8,10,12,14,16,18H2,(H,22,23). The van der Waals surface area contributed by atoms with E-state index in [0.29, 0.717) is 6.61 Å². The Bertz CT molecular complexity index is 472. The lowest BCUT2D eigenvalue weighted by Gasteiger charge is -2.00. The van der Waals surface area contributed by atoms with Crippen molar-refractivity contribution in [1.29, 1.82) is 0 Å². The Labute approximate surface area is 150 Å². The molecule has 0 unspecified atom stereocenters. The molecule has 5 nitrogen and oxygen atoms in total. The van der Waals surface area contributed by atoms with Crippen LogP contribution in [0.15, 0.2) is 60.4 Å². The average molecular weight is 350 g/mol. The number of allylic oxidation sites excluding steroid dienone is 9. The zero-order valence-electron chi connectivity index (χ0n) is 14.7. The molecule has 0 radical (unpaired) electrons. The fraction of sp³-hybridized carbons (Fsp3) is 0.450. The van der Waals surface area contributed by atoms with Crippen molar-refractivity contribution < 1.29 is 25.2 Å². The molecule has 0 atom stereocenters. The topological polar surface area (TPSA) is 87.0 Å². The second-order valence-corrected chi connectivity index (χ2v) is 5.54. The molecule has 0 spiro atoms. The van der Waals surface area contributed by atoms with Crippen LogP contribution in [0.3, 0.4) is 0 Å². The molecule has 0 aliphatic heterocycles. The summed E-state index contributed by atoms with van der Waals surface area (Å²) in [6, 6.07) is 0. The normalized spacial score (nSPS) is 13.1. The largest absolute Gasteiger partial charge is 0.502 e. The molecule has 0 fully saturated rings. The van der Waals surface area contributed by atoms with Crippen LogP contribution in [0.4, 0.5) is 0 Å². The molecule has 0 aromatic heterocycles. The van der Waals surface area contributed by atoms with E-state index in [9.17, 15) is 4.79 Å². The third-order valence-electron chi connectivity index (χ3n) is 3.38. The van der Waals surface area contributed by atoms with Crippen LogP contribution in [0.2, 0.25) is 0 Å². The van der Waals surface area contributed by atoms with Gasteiger partial charge < -0.3 is 10.2 Å². The number of unbranched alkanes of at least 4 members (excludes halogenated alkanes) is 7. The van der Waals surface area contributed by atoms with E-state index in [2.05, 4.69) is 11.0 Å². The van der Waals surface area contributed by atoms with Gasteiger partial charge in [0, 0.05) is 0 Å². The maximum atomic E-state index is 10.3. The number of rotatable bonds is 15. The SMILES string of the molecule is O=C(O)C(O)=CC=CC=CC=CC=CCCCCCCCCCOO. The van der Waals surface area contributed by atoms with E-state index in [0.717, 1.165) is 25.3 Å². The third-order valence-corrected chi connectivity index (χ3v) is 3.38. The van der Waals surface area contributed by atoms with Crippen molar-refractivity contribution in [3.8, 4) is 0 Å². The second-order valence-electron chi connectivity index (χ2n) is 5.54. The molecule has 3 N–H and O–H groups in total. The molecule has 0 aliphatic rings. The van der Waals surface area contributed by atoms with E-state index >= 15 is 0 Å². The van der Waals surface area contributed by atoms with Crippen molar-refractivity contribution in [3.05, 3.63) is 60.4 Å². The Hall–Kier alpha value is -2.11. The number of aliphatic hydroxyl groups excluding tert-OH is 1. The minimum absolute atomic E-state index is 0.440. The van der Waals surface area contributed by atoms with Gasteiger partial charge in [-0.15, -0.1) is 0 Å². The van der Waals surface area contributed by atoms with Gasteiger partial charge in [0.15, 0.2) is 0 Å². The van der Waals surface area contributed by atoms with Crippen molar-refractivity contribution in [2.45, 2.75) is 51.4 Å². The molecule has 0 aromatic carbocycles. The van der Waals surface area contributed by atoms with E-state index in [1.54, 1.807) is 12.2 Å². The first kappa shape index (κ1) is 22.9. The summed E-state index contributed by atoms with van der Waals surface area (Å²) in [6.45, 7) is 0.440. The summed E-state index contributed by atoms with van der Waals surface area (Å²) in [7, 11) is 0. The number of hydrogen-bond donors (Lipinski definition) is 3. The third kappa shape index (κ3) is 18.1. The molecule has 0 saturated heterocycles. The van der Waals surface area contributed by atoms with Crippen molar-refractivity contribution in [3.63, 3.8) is 0 Å². The first-order chi connectivity index (χ1) is 12.2. The molecule has 0 saturated carbocycles. The number of aliphatic carboxylic acids is 1. The first-order valence-electron chi connectivity index (χ1n) is 8.74. The molecule has 0 bridgehead atoms. The Morgan fingerprint density at radius 2 is 1.24 bits per heavy atom. The molecule has 0 rings (SSSR count). The van der Waals surface area contributed by atoms with Gasteiger partial charge in [-0.25, -0.2) is 9.68 Å². The number of carboxylic acids is 1. The number of aliphatic hydroxyl groups is 1. The molecule has 0 amide bonds. The monoisotopic (exact) mass is 350 g/mol. The quantitative estimate of drug-likeness (QED) is 0.0925. The number of carboxylic acid groups (broad SMARTS) is 1. The summed E-state index contributed by atoms with van der Waals surface area (Å²) in [5.74, 6) is -2.02. The molecule has 0 aliphatic carbocycles. The van der Waals surface area contributed by atoms with Gasteiger partial charge in [-0.1, -0.05) is 80.7 Å². The summed E-state index contributed by atoms with van der Waals surface area (Å²) in [5, 5.41) is 25.5. The highest BCUT2D eigenvalue weighted by atomic mass is 17.1. The Balaban J connectivity index is 3.54. The van der Waals surface area contributed by atoms with Crippen molar-refractivity contribution in [2.75, 3.05) is 6.61 Å². The summed E-state index contributed by atoms with van der Waals surface area (Å²) >= 11 is 0. The predicted molar refractivity (Wildman–Crippen MR) is 100 cm³/mol. The van der Waals surface area contributed by atoms with E-state index < -0.39 is 11.7 Å². The van der Waals surface area contributed by atoms with Crippen molar-refractivity contribution >= 4 is 5.97 Å². The first-order valence-corrected chi connectivity index (χ1v) is 8.74. The minimum atomic E-state index is -1.34. The van der Waals surface area contributed by atoms with Gasteiger partial charge in [-0.2, -0.15) is 0 Å². The van der Waals surface area contributed by atoms with Gasteiger partial charge in [-0.3, -0.25) is 5.26 Å². The predicted octanol–water partition coefficient (Wildman–Crippen LogP) is 5.35. The summed E-state index contributed by atoms with van der Waals surface area (Å²) in [5.41, 5.74) is 0. The van der Waals surface area contributed by atoms with Crippen LogP contribution in [0.25, 0.3) is 0 Å². The molecular formula is C20H30O5. The van der Waals surface area contributed by atoms with E-state index in [4.69, 9.17) is 15.5 Å². The summed E-state index contributed by atoms with van der Waals surface area (Å²) in [6.07, 6.45) is 25.1. The lowest BCUT2D eigenvalue weighted by Crippen LogP contribution is -1.97. The van der Waals surface area contributed by atoms with Crippen LogP contribution >= 0.6 is 0 Å². The molecule has 140 valence electrons. The molecule has 0 heterocycles. The average Bonchev–Trinajstić information content (AvgIpc) is 2.60. The van der Waals surface area contributed by atoms with Crippen molar-refractivity contribution in [2.24, 2.45) is 0 Å². The Morgan fingerprint density at radius 3 is 1.84 bits per heavy atom. The van der Waals surface area contributed by atoms with Crippen molar-refractivity contribution in [1.82, 2.24) is 0 Å². The van der Waals surface area contributed by atoms with Crippen LogP contribution < -0.4 is 0 Å². The number of carbonyl (C=O) groups is 1. The van der Waals surface area contributed by atoms with Gasteiger partial charge >= 0.3 is 5.97 Å². The fourth-order valence-corrected chi connectivity index (χ4v) is 2.03. The highest BCUT2D eigenvalue weighted by molar-refractivity contribution is 5.83. The maximum absolute atomic E-state index is 10.3. The molecule has 5 heteroatoms. The van der Waals surface area contributed by atoms with Crippen LogP contribution in [-0.2, 0) is 9.68 Å². The van der Waals surface area contributed by atoms with E-state index in [1.807, 2.05) is 24.3 Å².